The van der Waals surface area contributed by atoms with Crippen molar-refractivity contribution in [1.29, 1.82) is 0 Å². The number of fused-ring (bicyclic) bond motifs is 2. The van der Waals surface area contributed by atoms with Gasteiger partial charge in [-0.05, 0) is 50.6 Å². The van der Waals surface area contributed by atoms with Crippen LogP contribution in [0.15, 0.2) is 22.7 Å². The molecule has 4 rings (SSSR count). The Morgan fingerprint density at radius 2 is 1.13 bits per heavy atom. The number of hydrogen-bond acceptors (Lipinski definition) is 7. The second kappa shape index (κ2) is 5.51. The predicted octanol–water partition coefficient (Wildman–Crippen LogP) is 5.08. The minimum Gasteiger partial charge on any atom is -0.229 e. The SMILES string of the molecule is Cc1sc2ncnc(Sc3ncnc4sc(C)c(C)c34)c2c1C. The first-order chi connectivity index (χ1) is 11.1. The summed E-state index contributed by atoms with van der Waals surface area (Å²) in [5, 5.41) is 4.24. The zero-order valence-electron chi connectivity index (χ0n) is 13.2. The highest BCUT2D eigenvalue weighted by molar-refractivity contribution is 7.99. The van der Waals surface area contributed by atoms with Gasteiger partial charge in [0.1, 0.15) is 32.4 Å². The monoisotopic (exact) mass is 358 g/mol. The number of hydrogen-bond donors (Lipinski definition) is 0. The van der Waals surface area contributed by atoms with Gasteiger partial charge < -0.3 is 0 Å². The van der Waals surface area contributed by atoms with Crippen molar-refractivity contribution in [3.8, 4) is 0 Å². The van der Waals surface area contributed by atoms with Gasteiger partial charge in [-0.3, -0.25) is 0 Å². The van der Waals surface area contributed by atoms with Gasteiger partial charge in [0.25, 0.3) is 0 Å². The van der Waals surface area contributed by atoms with E-state index in [4.69, 9.17) is 0 Å². The molecule has 0 radical (unpaired) electrons. The lowest BCUT2D eigenvalue weighted by atomic mass is 10.2. The van der Waals surface area contributed by atoms with E-state index in [-0.39, 0.29) is 0 Å². The minimum atomic E-state index is 0.972. The van der Waals surface area contributed by atoms with Crippen molar-refractivity contribution in [3.05, 3.63) is 33.5 Å². The first-order valence-corrected chi connectivity index (χ1v) is 9.60. The van der Waals surface area contributed by atoms with E-state index in [1.807, 2.05) is 0 Å². The molecule has 0 saturated heterocycles. The van der Waals surface area contributed by atoms with Crippen LogP contribution in [0.2, 0.25) is 0 Å². The molecule has 0 aliphatic carbocycles. The maximum Gasteiger partial charge on any atom is 0.128 e. The van der Waals surface area contributed by atoms with Crippen molar-refractivity contribution in [2.45, 2.75) is 37.7 Å². The summed E-state index contributed by atoms with van der Waals surface area (Å²) < 4.78 is 0. The number of rotatable bonds is 2. The highest BCUT2D eigenvalue weighted by Gasteiger charge is 2.17. The Bertz CT molecular complexity index is 965. The van der Waals surface area contributed by atoms with E-state index in [0.29, 0.717) is 0 Å². The summed E-state index contributed by atoms with van der Waals surface area (Å²) in [6, 6.07) is 0. The molecule has 0 atom stereocenters. The maximum absolute atomic E-state index is 4.52. The van der Waals surface area contributed by atoms with Gasteiger partial charge in [-0.2, -0.15) is 0 Å². The standard InChI is InChI=1S/C16H14N4S3/c1-7-9(3)21-13-11(7)15(19-5-17-13)23-16-12-8(2)10(4)22-14(12)18-6-20-16/h5-6H,1-4H3. The van der Waals surface area contributed by atoms with Gasteiger partial charge in [0.15, 0.2) is 0 Å². The normalized spacial score (nSPS) is 11.7. The van der Waals surface area contributed by atoms with Gasteiger partial charge in [0.05, 0.1) is 0 Å². The van der Waals surface area contributed by atoms with Crippen molar-refractivity contribution < 1.29 is 0 Å². The van der Waals surface area contributed by atoms with Crippen LogP contribution in [-0.4, -0.2) is 19.9 Å². The smallest absolute Gasteiger partial charge is 0.128 e. The van der Waals surface area contributed by atoms with Gasteiger partial charge in [0, 0.05) is 20.5 Å². The van der Waals surface area contributed by atoms with E-state index >= 15 is 0 Å². The number of thiophene rings is 2. The van der Waals surface area contributed by atoms with E-state index in [1.165, 1.54) is 20.9 Å². The van der Waals surface area contributed by atoms with Gasteiger partial charge in [0.2, 0.25) is 0 Å². The molecule has 4 aromatic rings. The summed E-state index contributed by atoms with van der Waals surface area (Å²) in [4.78, 5) is 22.5. The molecule has 7 heteroatoms. The average Bonchev–Trinajstić information content (AvgIpc) is 2.98. The zero-order valence-corrected chi connectivity index (χ0v) is 15.6. The molecule has 4 nitrogen and oxygen atoms in total. The van der Waals surface area contributed by atoms with E-state index < -0.39 is 0 Å². The van der Waals surface area contributed by atoms with Crippen LogP contribution >= 0.6 is 34.4 Å². The Morgan fingerprint density at radius 1 is 0.696 bits per heavy atom. The summed E-state index contributed by atoms with van der Waals surface area (Å²) in [6.45, 7) is 8.53. The Labute approximate surface area is 146 Å². The average molecular weight is 359 g/mol. The van der Waals surface area contributed by atoms with Crippen LogP contribution in [0, 0.1) is 27.7 Å². The molecular weight excluding hydrogens is 344 g/mol. The third-order valence-corrected chi connectivity index (χ3v) is 7.29. The molecule has 4 aromatic heterocycles. The molecule has 0 bridgehead atoms. The summed E-state index contributed by atoms with van der Waals surface area (Å²) in [7, 11) is 0. The molecule has 0 N–H and O–H groups in total. The second-order valence-electron chi connectivity index (χ2n) is 5.39. The fourth-order valence-electron chi connectivity index (χ4n) is 2.55. The quantitative estimate of drug-likeness (QED) is 0.468. The van der Waals surface area contributed by atoms with Crippen LogP contribution in [0.4, 0.5) is 0 Å². The first kappa shape index (κ1) is 15.0. The topological polar surface area (TPSA) is 51.6 Å². The highest BCUT2D eigenvalue weighted by Crippen LogP contribution is 2.40. The van der Waals surface area contributed by atoms with Crippen molar-refractivity contribution in [2.24, 2.45) is 0 Å². The lowest BCUT2D eigenvalue weighted by molar-refractivity contribution is 1.07. The number of aromatic nitrogens is 4. The summed E-state index contributed by atoms with van der Waals surface area (Å²) in [5.74, 6) is 0. The molecule has 0 fully saturated rings. The van der Waals surface area contributed by atoms with Crippen LogP contribution in [0.25, 0.3) is 20.4 Å². The predicted molar refractivity (Wildman–Crippen MR) is 97.9 cm³/mol. The molecule has 0 aliphatic rings. The van der Waals surface area contributed by atoms with Crippen molar-refractivity contribution >= 4 is 54.9 Å². The van der Waals surface area contributed by atoms with E-state index in [9.17, 15) is 0 Å². The summed E-state index contributed by atoms with van der Waals surface area (Å²) in [6.07, 6.45) is 3.29. The molecule has 0 saturated carbocycles. The lowest BCUT2D eigenvalue weighted by Crippen LogP contribution is -1.89. The van der Waals surface area contributed by atoms with Crippen molar-refractivity contribution in [1.82, 2.24) is 19.9 Å². The summed E-state index contributed by atoms with van der Waals surface area (Å²) >= 11 is 5.05. The van der Waals surface area contributed by atoms with Gasteiger partial charge in [-0.25, -0.2) is 19.9 Å². The Morgan fingerprint density at radius 3 is 1.57 bits per heavy atom. The Balaban J connectivity index is 1.92. The highest BCUT2D eigenvalue weighted by atomic mass is 32.2. The molecule has 0 aromatic carbocycles. The second-order valence-corrected chi connectivity index (χ2v) is 8.77. The van der Waals surface area contributed by atoms with Gasteiger partial charge in [-0.15, -0.1) is 22.7 Å². The number of aryl methyl sites for hydroxylation is 4. The Kier molecular flexibility index (Phi) is 3.59. The third kappa shape index (κ3) is 2.34. The molecule has 0 amide bonds. The van der Waals surface area contributed by atoms with E-state index in [0.717, 1.165) is 30.5 Å². The third-order valence-electron chi connectivity index (χ3n) is 4.05. The van der Waals surface area contributed by atoms with Gasteiger partial charge >= 0.3 is 0 Å². The fourth-order valence-corrected chi connectivity index (χ4v) is 5.76. The maximum atomic E-state index is 4.52. The fraction of sp³-hybridized carbons (Fsp3) is 0.250. The van der Waals surface area contributed by atoms with Gasteiger partial charge in [-0.1, -0.05) is 0 Å². The van der Waals surface area contributed by atoms with Crippen LogP contribution in [0.5, 0.6) is 0 Å². The molecule has 116 valence electrons. The largest absolute Gasteiger partial charge is 0.229 e. The van der Waals surface area contributed by atoms with E-state index in [2.05, 4.69) is 47.6 Å². The van der Waals surface area contributed by atoms with E-state index in [1.54, 1.807) is 47.1 Å². The lowest BCUT2D eigenvalue weighted by Gasteiger charge is -2.04. The molecule has 0 unspecified atom stereocenters. The Hall–Kier alpha value is -1.57. The van der Waals surface area contributed by atoms with Crippen LogP contribution in [0.3, 0.4) is 0 Å². The van der Waals surface area contributed by atoms with Crippen LogP contribution in [0.1, 0.15) is 20.9 Å². The molecule has 4 heterocycles. The van der Waals surface area contributed by atoms with Crippen molar-refractivity contribution in [3.63, 3.8) is 0 Å². The number of nitrogens with zero attached hydrogens (tertiary/aromatic N) is 4. The zero-order chi connectivity index (χ0) is 16.1. The molecule has 0 spiro atoms. The van der Waals surface area contributed by atoms with Crippen LogP contribution < -0.4 is 0 Å². The minimum absolute atomic E-state index is 0.972. The summed E-state index contributed by atoms with van der Waals surface area (Å²) in [5.41, 5.74) is 2.52. The van der Waals surface area contributed by atoms with Crippen molar-refractivity contribution in [2.75, 3.05) is 0 Å². The molecule has 0 aliphatic heterocycles. The van der Waals surface area contributed by atoms with Crippen LogP contribution in [-0.2, 0) is 0 Å². The molecule has 23 heavy (non-hydrogen) atoms. The molecular formula is C16H14N4S3. The first-order valence-electron chi connectivity index (χ1n) is 7.15.